The molecule has 0 N–H and O–H groups in total. The van der Waals surface area contributed by atoms with E-state index >= 15 is 0 Å². The Balaban J connectivity index is 0.000000324. The average Bonchev–Trinajstić information content (AvgIpc) is 2.62. The first kappa shape index (κ1) is 21.0. The lowest BCUT2D eigenvalue weighted by Gasteiger charge is -2.14. The van der Waals surface area contributed by atoms with Gasteiger partial charge < -0.3 is 4.74 Å². The van der Waals surface area contributed by atoms with Gasteiger partial charge in [-0.05, 0) is 49.3 Å². The van der Waals surface area contributed by atoms with Gasteiger partial charge in [-0.3, -0.25) is 0 Å². The van der Waals surface area contributed by atoms with Crippen LogP contribution < -0.4 is 0 Å². The van der Waals surface area contributed by atoms with Gasteiger partial charge in [0.15, 0.2) is 0 Å². The zero-order valence-corrected chi connectivity index (χ0v) is 16.3. The van der Waals surface area contributed by atoms with Gasteiger partial charge in [0.25, 0.3) is 0 Å². The molecule has 0 aliphatic rings. The summed E-state index contributed by atoms with van der Waals surface area (Å²) in [5, 5.41) is 0. The summed E-state index contributed by atoms with van der Waals surface area (Å²) in [6.45, 7) is 10.4. The van der Waals surface area contributed by atoms with Crippen LogP contribution in [0.2, 0.25) is 0 Å². The zero-order valence-electron chi connectivity index (χ0n) is 16.3. The fraction of sp³-hybridized carbons (Fsp3) is 0.435. The largest absolute Gasteiger partial charge is 0.459 e. The SMILES string of the molecule is CCC(C)OC(=O)c1ccccc1CC(C)C.CCc1ccccc1. The van der Waals surface area contributed by atoms with E-state index in [0.29, 0.717) is 11.5 Å². The van der Waals surface area contributed by atoms with E-state index in [-0.39, 0.29) is 12.1 Å². The van der Waals surface area contributed by atoms with Crippen molar-refractivity contribution in [2.24, 2.45) is 5.92 Å². The van der Waals surface area contributed by atoms with Crippen LogP contribution in [0.4, 0.5) is 0 Å². The third kappa shape index (κ3) is 8.02. The lowest BCUT2D eigenvalue weighted by molar-refractivity contribution is 0.0333. The van der Waals surface area contributed by atoms with E-state index in [4.69, 9.17) is 4.74 Å². The van der Waals surface area contributed by atoms with Crippen LogP contribution in [0.5, 0.6) is 0 Å². The highest BCUT2D eigenvalue weighted by Gasteiger charge is 2.15. The van der Waals surface area contributed by atoms with Gasteiger partial charge in [-0.2, -0.15) is 0 Å². The van der Waals surface area contributed by atoms with E-state index in [1.165, 1.54) is 5.56 Å². The predicted molar refractivity (Wildman–Crippen MR) is 106 cm³/mol. The van der Waals surface area contributed by atoms with Crippen LogP contribution in [-0.4, -0.2) is 12.1 Å². The van der Waals surface area contributed by atoms with E-state index < -0.39 is 0 Å². The number of carbonyl (C=O) groups excluding carboxylic acids is 1. The molecule has 2 aromatic rings. The Morgan fingerprint density at radius 2 is 1.52 bits per heavy atom. The maximum absolute atomic E-state index is 12.0. The van der Waals surface area contributed by atoms with Crippen molar-refractivity contribution >= 4 is 5.97 Å². The van der Waals surface area contributed by atoms with Crippen molar-refractivity contribution in [2.45, 2.75) is 60.0 Å². The predicted octanol–water partition coefficient (Wildman–Crippen LogP) is 6.09. The summed E-state index contributed by atoms with van der Waals surface area (Å²) in [6.07, 6.45) is 2.87. The van der Waals surface area contributed by atoms with Gasteiger partial charge >= 0.3 is 5.97 Å². The number of hydrogen-bond donors (Lipinski definition) is 0. The number of rotatable bonds is 6. The minimum absolute atomic E-state index is 0.0189. The summed E-state index contributed by atoms with van der Waals surface area (Å²) >= 11 is 0. The monoisotopic (exact) mass is 340 g/mol. The van der Waals surface area contributed by atoms with Crippen molar-refractivity contribution in [3.05, 3.63) is 71.3 Å². The highest BCUT2D eigenvalue weighted by molar-refractivity contribution is 5.91. The first-order valence-corrected chi connectivity index (χ1v) is 9.30. The number of hydrogen-bond acceptors (Lipinski definition) is 2. The zero-order chi connectivity index (χ0) is 18.7. The Morgan fingerprint density at radius 1 is 0.920 bits per heavy atom. The smallest absolute Gasteiger partial charge is 0.338 e. The van der Waals surface area contributed by atoms with E-state index in [2.05, 4.69) is 45.0 Å². The lowest BCUT2D eigenvalue weighted by atomic mass is 9.98. The number of carbonyl (C=O) groups is 1. The molecule has 0 aliphatic carbocycles. The Hall–Kier alpha value is -2.09. The van der Waals surface area contributed by atoms with Crippen LogP contribution in [0.15, 0.2) is 54.6 Å². The number of ether oxygens (including phenoxy) is 1. The van der Waals surface area contributed by atoms with Gasteiger partial charge in [-0.25, -0.2) is 4.79 Å². The van der Waals surface area contributed by atoms with E-state index in [1.807, 2.05) is 44.2 Å². The molecule has 1 unspecified atom stereocenters. The van der Waals surface area contributed by atoms with Crippen molar-refractivity contribution in [3.63, 3.8) is 0 Å². The molecule has 0 amide bonds. The van der Waals surface area contributed by atoms with Crippen molar-refractivity contribution in [1.29, 1.82) is 0 Å². The fourth-order valence-electron chi connectivity index (χ4n) is 2.38. The van der Waals surface area contributed by atoms with Crippen LogP contribution in [0.25, 0.3) is 0 Å². The topological polar surface area (TPSA) is 26.3 Å². The summed E-state index contributed by atoms with van der Waals surface area (Å²) in [6, 6.07) is 18.2. The Morgan fingerprint density at radius 3 is 2.04 bits per heavy atom. The molecule has 2 aromatic carbocycles. The molecule has 0 heterocycles. The molecule has 136 valence electrons. The summed E-state index contributed by atoms with van der Waals surface area (Å²) in [5.74, 6) is 0.336. The van der Waals surface area contributed by atoms with Crippen molar-refractivity contribution in [1.82, 2.24) is 0 Å². The molecule has 0 radical (unpaired) electrons. The van der Waals surface area contributed by atoms with Crippen LogP contribution >= 0.6 is 0 Å². The molecule has 0 spiro atoms. The van der Waals surface area contributed by atoms with Gasteiger partial charge in [-0.1, -0.05) is 76.2 Å². The molecular weight excluding hydrogens is 308 g/mol. The van der Waals surface area contributed by atoms with Gasteiger partial charge in [0, 0.05) is 0 Å². The normalized spacial score (nSPS) is 11.4. The standard InChI is InChI=1S/C15H22O2.C8H10/c1-5-12(4)17-15(16)14-9-7-6-8-13(14)10-11(2)3;1-2-8-6-4-3-5-7-8/h6-9,11-12H,5,10H2,1-4H3;3-7H,2H2,1H3. The second-order valence-electron chi connectivity index (χ2n) is 6.72. The summed E-state index contributed by atoms with van der Waals surface area (Å²) in [4.78, 5) is 12.0. The number of benzene rings is 2. The molecule has 0 saturated heterocycles. The molecule has 0 aromatic heterocycles. The van der Waals surface area contributed by atoms with Crippen LogP contribution in [-0.2, 0) is 17.6 Å². The molecular formula is C23H32O2. The first-order valence-electron chi connectivity index (χ1n) is 9.30. The quantitative estimate of drug-likeness (QED) is 0.595. The molecule has 0 fully saturated rings. The molecule has 2 nitrogen and oxygen atoms in total. The van der Waals surface area contributed by atoms with E-state index in [1.54, 1.807) is 0 Å². The van der Waals surface area contributed by atoms with Crippen molar-refractivity contribution in [3.8, 4) is 0 Å². The summed E-state index contributed by atoms with van der Waals surface area (Å²) in [5.41, 5.74) is 3.20. The van der Waals surface area contributed by atoms with E-state index in [9.17, 15) is 4.79 Å². The molecule has 2 rings (SSSR count). The molecule has 1 atom stereocenters. The fourth-order valence-corrected chi connectivity index (χ4v) is 2.38. The highest BCUT2D eigenvalue weighted by Crippen LogP contribution is 2.16. The minimum Gasteiger partial charge on any atom is -0.459 e. The third-order valence-corrected chi connectivity index (χ3v) is 4.00. The van der Waals surface area contributed by atoms with Crippen molar-refractivity contribution in [2.75, 3.05) is 0 Å². The van der Waals surface area contributed by atoms with Crippen LogP contribution in [0.1, 0.15) is 62.5 Å². The Labute approximate surface area is 153 Å². The number of esters is 1. The number of aryl methyl sites for hydroxylation is 1. The van der Waals surface area contributed by atoms with Gasteiger partial charge in [0.05, 0.1) is 11.7 Å². The Bertz CT molecular complexity index is 617. The third-order valence-electron chi connectivity index (χ3n) is 4.00. The maximum Gasteiger partial charge on any atom is 0.338 e. The molecule has 0 bridgehead atoms. The molecule has 25 heavy (non-hydrogen) atoms. The maximum atomic E-state index is 12.0. The average molecular weight is 341 g/mol. The van der Waals surface area contributed by atoms with Gasteiger partial charge in [0.2, 0.25) is 0 Å². The Kier molecular flexibility index (Phi) is 9.61. The first-order chi connectivity index (χ1) is 12.0. The van der Waals surface area contributed by atoms with Crippen LogP contribution in [0.3, 0.4) is 0 Å². The van der Waals surface area contributed by atoms with Gasteiger partial charge in [0.1, 0.15) is 0 Å². The van der Waals surface area contributed by atoms with Crippen molar-refractivity contribution < 1.29 is 9.53 Å². The molecule has 2 heteroatoms. The molecule has 0 saturated carbocycles. The summed E-state index contributed by atoms with van der Waals surface area (Å²) < 4.78 is 5.37. The highest BCUT2D eigenvalue weighted by atomic mass is 16.5. The lowest BCUT2D eigenvalue weighted by Crippen LogP contribution is -2.16. The molecule has 0 aliphatic heterocycles. The van der Waals surface area contributed by atoms with Crippen LogP contribution in [0, 0.1) is 5.92 Å². The van der Waals surface area contributed by atoms with Gasteiger partial charge in [-0.15, -0.1) is 0 Å². The minimum atomic E-state index is -0.199. The second-order valence-corrected chi connectivity index (χ2v) is 6.72. The second kappa shape index (κ2) is 11.5. The van der Waals surface area contributed by atoms with E-state index in [0.717, 1.165) is 24.8 Å². The summed E-state index contributed by atoms with van der Waals surface area (Å²) in [7, 11) is 0.